The van der Waals surface area contributed by atoms with Crippen molar-refractivity contribution in [3.8, 4) is 11.5 Å². The van der Waals surface area contributed by atoms with E-state index in [1.54, 1.807) is 0 Å². The van der Waals surface area contributed by atoms with E-state index < -0.39 is 30.9 Å². The summed E-state index contributed by atoms with van der Waals surface area (Å²) in [4.78, 5) is -0.881. The summed E-state index contributed by atoms with van der Waals surface area (Å²) in [7, 11) is -7.88. The maximum Gasteiger partial charge on any atom is 0.296 e. The minimum atomic E-state index is -4.64. The molecule has 0 aromatic heterocycles. The zero-order chi connectivity index (χ0) is 23.1. The Morgan fingerprint density at radius 3 is 2.10 bits per heavy atom. The van der Waals surface area contributed by atoms with Crippen molar-refractivity contribution in [1.29, 1.82) is 0 Å². The van der Waals surface area contributed by atoms with E-state index in [1.807, 2.05) is 0 Å². The van der Waals surface area contributed by atoms with Gasteiger partial charge in [0.1, 0.15) is 26.9 Å². The maximum atomic E-state index is 11.8. The number of aryl methyl sites for hydroxylation is 2. The Labute approximate surface area is 178 Å². The average molecular weight is 466 g/mol. The Morgan fingerprint density at radius 2 is 1.52 bits per heavy atom. The number of azo groups is 1. The van der Waals surface area contributed by atoms with Crippen molar-refractivity contribution in [1.82, 2.24) is 0 Å². The van der Waals surface area contributed by atoms with Crippen molar-refractivity contribution < 1.29 is 35.8 Å². The molecule has 3 aromatic rings. The molecular weight excluding hydrogens is 448 g/mol. The molecule has 0 saturated heterocycles. The van der Waals surface area contributed by atoms with Crippen molar-refractivity contribution >= 4 is 42.4 Å². The van der Waals surface area contributed by atoms with Gasteiger partial charge in [0.05, 0.1) is 7.11 Å². The Morgan fingerprint density at radius 1 is 0.839 bits per heavy atom. The van der Waals surface area contributed by atoms with Crippen molar-refractivity contribution in [2.75, 3.05) is 7.11 Å². The summed E-state index contributed by atoms with van der Waals surface area (Å²) in [6.07, 6.45) is 0. The van der Waals surface area contributed by atoms with Crippen LogP contribution in [0.3, 0.4) is 0 Å². The van der Waals surface area contributed by atoms with Gasteiger partial charge in [0.15, 0.2) is 5.75 Å². The van der Waals surface area contributed by atoms with Gasteiger partial charge >= 0.3 is 0 Å². The van der Waals surface area contributed by atoms with Crippen LogP contribution < -0.4 is 4.74 Å². The molecule has 0 saturated carbocycles. The summed E-state index contributed by atoms with van der Waals surface area (Å²) in [6.45, 7) is 3.03. The fourth-order valence-corrected chi connectivity index (χ4v) is 4.70. The number of phenols is 1. The van der Waals surface area contributed by atoms with Gasteiger partial charge in [-0.15, -0.1) is 10.2 Å². The normalized spacial score (nSPS) is 12.5. The van der Waals surface area contributed by atoms with E-state index in [2.05, 4.69) is 10.2 Å². The fourth-order valence-electron chi connectivity index (χ4n) is 3.14. The number of rotatable bonds is 5. The van der Waals surface area contributed by atoms with Gasteiger partial charge in [0.2, 0.25) is 0 Å². The summed E-state index contributed by atoms with van der Waals surface area (Å²) >= 11 is 0. The van der Waals surface area contributed by atoms with Crippen molar-refractivity contribution in [3.63, 3.8) is 0 Å². The van der Waals surface area contributed by atoms with Gasteiger partial charge in [-0.1, -0.05) is 12.1 Å². The average Bonchev–Trinajstić information content (AvgIpc) is 2.65. The third-order valence-electron chi connectivity index (χ3n) is 4.57. The number of nitrogens with zero attached hydrogens (tertiary/aromatic N) is 2. The molecule has 0 aliphatic rings. The number of fused-ring (bicyclic) bond motifs is 1. The standard InChI is InChI=1S/C19H18N2O8S2/c1-10-4-6-13-14(19(10)31(26,27)28)8-11(2)17(18(13)22)21-20-15-7-5-12(29-3)9-16(15)30(23,24)25/h4-9,22H,1-3H3,(H,23,24,25)(H,26,27,28). The van der Waals surface area contributed by atoms with Crippen molar-refractivity contribution in [2.24, 2.45) is 10.2 Å². The molecule has 31 heavy (non-hydrogen) atoms. The lowest BCUT2D eigenvalue weighted by molar-refractivity contribution is 0.412. The Hall–Kier alpha value is -3.06. The van der Waals surface area contributed by atoms with Crippen LogP contribution in [0, 0.1) is 13.8 Å². The Kier molecular flexibility index (Phi) is 5.76. The second-order valence-corrected chi connectivity index (χ2v) is 9.43. The molecule has 12 heteroatoms. The summed E-state index contributed by atoms with van der Waals surface area (Å²) < 4.78 is 70.9. The molecule has 0 atom stereocenters. The SMILES string of the molecule is COc1ccc(N=Nc2c(C)cc3c(S(=O)(=O)O)c(C)ccc3c2O)c(S(=O)(=O)O)c1. The molecule has 0 unspecified atom stereocenters. The fraction of sp³-hybridized carbons (Fsp3) is 0.158. The van der Waals surface area contributed by atoms with Crippen molar-refractivity contribution in [2.45, 2.75) is 23.6 Å². The number of methoxy groups -OCH3 is 1. The summed E-state index contributed by atoms with van der Waals surface area (Å²) in [6, 6.07) is 8.04. The lowest BCUT2D eigenvalue weighted by Gasteiger charge is -2.12. The minimum absolute atomic E-state index is 0.0465. The minimum Gasteiger partial charge on any atom is -0.505 e. The quantitative estimate of drug-likeness (QED) is 0.374. The third-order valence-corrected chi connectivity index (χ3v) is 6.51. The molecule has 3 rings (SSSR count). The molecule has 0 fully saturated rings. The first kappa shape index (κ1) is 22.6. The first-order valence-electron chi connectivity index (χ1n) is 8.65. The number of benzene rings is 3. The summed E-state index contributed by atoms with van der Waals surface area (Å²) in [5.41, 5.74) is 0.352. The first-order valence-corrected chi connectivity index (χ1v) is 11.5. The van der Waals surface area contributed by atoms with Crippen LogP contribution in [0.15, 0.2) is 56.4 Å². The van der Waals surface area contributed by atoms with E-state index in [1.165, 1.54) is 51.3 Å². The van der Waals surface area contributed by atoms with Crippen LogP contribution in [-0.2, 0) is 20.2 Å². The van der Waals surface area contributed by atoms with E-state index >= 15 is 0 Å². The molecule has 3 N–H and O–H groups in total. The zero-order valence-electron chi connectivity index (χ0n) is 16.6. The Bertz CT molecular complexity index is 1450. The van der Waals surface area contributed by atoms with Crippen LogP contribution in [0.5, 0.6) is 11.5 Å². The zero-order valence-corrected chi connectivity index (χ0v) is 18.2. The molecule has 0 radical (unpaired) electrons. The van der Waals surface area contributed by atoms with E-state index in [9.17, 15) is 31.0 Å². The molecular formula is C19H18N2O8S2. The molecule has 0 amide bonds. The number of aromatic hydroxyl groups is 1. The maximum absolute atomic E-state index is 11.8. The van der Waals surface area contributed by atoms with Gasteiger partial charge in [-0.05, 0) is 43.2 Å². The molecule has 0 heterocycles. The topological polar surface area (TPSA) is 163 Å². The highest BCUT2D eigenvalue weighted by molar-refractivity contribution is 7.86. The second-order valence-electron chi connectivity index (χ2n) is 6.68. The summed E-state index contributed by atoms with van der Waals surface area (Å²) in [5.74, 6) is -0.241. The molecule has 0 aliphatic heterocycles. The lowest BCUT2D eigenvalue weighted by Crippen LogP contribution is -2.02. The highest BCUT2D eigenvalue weighted by Crippen LogP contribution is 2.42. The molecule has 3 aromatic carbocycles. The second kappa shape index (κ2) is 7.89. The molecule has 0 aliphatic carbocycles. The Balaban J connectivity index is 2.23. The van der Waals surface area contributed by atoms with Gasteiger partial charge in [0, 0.05) is 16.8 Å². The van der Waals surface area contributed by atoms with Crippen LogP contribution in [0.4, 0.5) is 11.4 Å². The van der Waals surface area contributed by atoms with E-state index in [0.29, 0.717) is 11.1 Å². The lowest BCUT2D eigenvalue weighted by atomic mass is 10.0. The molecule has 164 valence electrons. The predicted molar refractivity (Wildman–Crippen MR) is 112 cm³/mol. The number of ether oxygens (including phenoxy) is 1. The van der Waals surface area contributed by atoms with Gasteiger partial charge < -0.3 is 9.84 Å². The largest absolute Gasteiger partial charge is 0.505 e. The van der Waals surface area contributed by atoms with Gasteiger partial charge in [-0.25, -0.2) is 0 Å². The molecule has 0 spiro atoms. The van der Waals surface area contributed by atoms with Gasteiger partial charge in [0.25, 0.3) is 20.2 Å². The predicted octanol–water partition coefficient (Wildman–Crippen LogP) is 4.08. The first-order chi connectivity index (χ1) is 14.3. The number of hydrogen-bond donors (Lipinski definition) is 3. The highest BCUT2D eigenvalue weighted by Gasteiger charge is 2.22. The highest BCUT2D eigenvalue weighted by atomic mass is 32.2. The number of hydrogen-bond acceptors (Lipinski definition) is 8. The van der Waals surface area contributed by atoms with Gasteiger partial charge in [-0.3, -0.25) is 9.11 Å². The number of phenolic OH excluding ortho intramolecular Hbond substituents is 1. The van der Waals surface area contributed by atoms with E-state index in [4.69, 9.17) is 4.74 Å². The van der Waals surface area contributed by atoms with Crippen LogP contribution in [-0.4, -0.2) is 38.2 Å². The van der Waals surface area contributed by atoms with E-state index in [0.717, 1.165) is 6.07 Å². The van der Waals surface area contributed by atoms with Gasteiger partial charge in [-0.2, -0.15) is 16.8 Å². The van der Waals surface area contributed by atoms with Crippen LogP contribution in [0.25, 0.3) is 10.8 Å². The molecule has 0 bridgehead atoms. The van der Waals surface area contributed by atoms with Crippen LogP contribution in [0.1, 0.15) is 11.1 Å². The van der Waals surface area contributed by atoms with Crippen LogP contribution >= 0.6 is 0 Å². The van der Waals surface area contributed by atoms with Crippen LogP contribution in [0.2, 0.25) is 0 Å². The third kappa shape index (κ3) is 4.37. The molecule has 10 nitrogen and oxygen atoms in total. The smallest absolute Gasteiger partial charge is 0.296 e. The summed E-state index contributed by atoms with van der Waals surface area (Å²) in [5, 5.41) is 18.6. The van der Waals surface area contributed by atoms with E-state index in [-0.39, 0.29) is 32.8 Å². The van der Waals surface area contributed by atoms with Crippen molar-refractivity contribution in [3.05, 3.63) is 47.5 Å². The monoisotopic (exact) mass is 466 g/mol.